The van der Waals surface area contributed by atoms with Gasteiger partial charge in [0.2, 0.25) is 0 Å². The fourth-order valence-corrected chi connectivity index (χ4v) is 7.71. The first-order valence-electron chi connectivity index (χ1n) is 20.3. The summed E-state index contributed by atoms with van der Waals surface area (Å²) in [6, 6.07) is 48.7. The fraction of sp³-hybridized carbons (Fsp3) is 0. The summed E-state index contributed by atoms with van der Waals surface area (Å²) >= 11 is 1.09. The van der Waals surface area contributed by atoms with Gasteiger partial charge in [0, 0.05) is 36.9 Å². The standard InChI is InChI=1S/C49H31N3S/c1-4-12-32(13-5-1)37-24-27-45-44(29-37)42-26-23-40(31-46(42)53-45)49-51-47(38-21-20-33-14-10-11-19-36(33)28-38)50-48(52-49)39-22-25-41(34-15-6-2-7-16-34)43(30-39)35-17-8-3-9-18-35/h1-31H/i23D,24D,26D,27D,29D,31D. The monoisotopic (exact) mass is 699 g/mol. The minimum atomic E-state index is -0.268. The summed E-state index contributed by atoms with van der Waals surface area (Å²) in [5.74, 6) is 0.752. The van der Waals surface area contributed by atoms with Crippen LogP contribution in [-0.4, -0.2) is 15.0 Å². The van der Waals surface area contributed by atoms with Gasteiger partial charge in [-0.1, -0.05) is 158 Å². The van der Waals surface area contributed by atoms with Crippen LogP contribution in [0.4, 0.5) is 0 Å². The predicted octanol–water partition coefficient (Wildman–Crippen LogP) is 13.4. The van der Waals surface area contributed by atoms with Gasteiger partial charge in [0.15, 0.2) is 17.5 Å². The molecule has 10 rings (SSSR count). The summed E-state index contributed by atoms with van der Waals surface area (Å²) < 4.78 is 56.3. The molecule has 248 valence electrons. The van der Waals surface area contributed by atoms with Crippen LogP contribution in [0.1, 0.15) is 8.22 Å². The lowest BCUT2D eigenvalue weighted by Crippen LogP contribution is -2.00. The number of aromatic nitrogens is 3. The smallest absolute Gasteiger partial charge is 0.164 e. The molecule has 0 fully saturated rings. The molecule has 0 unspecified atom stereocenters. The highest BCUT2D eigenvalue weighted by molar-refractivity contribution is 7.25. The van der Waals surface area contributed by atoms with Crippen molar-refractivity contribution in [2.24, 2.45) is 0 Å². The van der Waals surface area contributed by atoms with Crippen molar-refractivity contribution < 1.29 is 8.22 Å². The molecule has 2 aromatic heterocycles. The van der Waals surface area contributed by atoms with E-state index in [1.807, 2.05) is 103 Å². The van der Waals surface area contributed by atoms with Gasteiger partial charge in [-0.2, -0.15) is 0 Å². The maximum absolute atomic E-state index is 9.62. The van der Waals surface area contributed by atoms with Crippen LogP contribution in [0.3, 0.4) is 0 Å². The van der Waals surface area contributed by atoms with Gasteiger partial charge in [-0.05, 0) is 74.4 Å². The molecular weight excluding hydrogens is 663 g/mol. The number of thiophene rings is 1. The van der Waals surface area contributed by atoms with Gasteiger partial charge in [-0.15, -0.1) is 11.3 Å². The molecule has 0 radical (unpaired) electrons. The lowest BCUT2D eigenvalue weighted by Gasteiger charge is -2.14. The van der Waals surface area contributed by atoms with Gasteiger partial charge in [0.05, 0.1) is 8.22 Å². The Bertz CT molecular complexity index is 3280. The lowest BCUT2D eigenvalue weighted by atomic mass is 9.92. The number of hydrogen-bond donors (Lipinski definition) is 0. The number of fused-ring (bicyclic) bond motifs is 4. The lowest BCUT2D eigenvalue weighted by molar-refractivity contribution is 1.08. The van der Waals surface area contributed by atoms with E-state index in [2.05, 4.69) is 36.4 Å². The van der Waals surface area contributed by atoms with Crippen molar-refractivity contribution in [1.29, 1.82) is 0 Å². The Morgan fingerprint density at radius 1 is 0.358 bits per heavy atom. The van der Waals surface area contributed by atoms with E-state index in [1.54, 1.807) is 12.1 Å². The van der Waals surface area contributed by atoms with Crippen molar-refractivity contribution in [3.8, 4) is 67.5 Å². The molecule has 53 heavy (non-hydrogen) atoms. The van der Waals surface area contributed by atoms with Gasteiger partial charge in [0.25, 0.3) is 0 Å². The third kappa shape index (κ3) is 5.85. The molecule has 2 heterocycles. The summed E-state index contributed by atoms with van der Waals surface area (Å²) in [6.45, 7) is 0. The number of benzene rings is 8. The Morgan fingerprint density at radius 3 is 1.64 bits per heavy atom. The third-order valence-electron chi connectivity index (χ3n) is 9.39. The topological polar surface area (TPSA) is 38.7 Å². The molecule has 0 N–H and O–H groups in total. The van der Waals surface area contributed by atoms with Gasteiger partial charge in [-0.3, -0.25) is 0 Å². The zero-order chi connectivity index (χ0) is 40.4. The molecule has 0 aliphatic rings. The first-order chi connectivity index (χ1) is 28.8. The summed E-state index contributed by atoms with van der Waals surface area (Å²) in [4.78, 5) is 14.9. The Balaban J connectivity index is 1.23. The molecule has 0 saturated heterocycles. The molecule has 0 saturated carbocycles. The molecule has 0 bridgehead atoms. The van der Waals surface area contributed by atoms with E-state index in [9.17, 15) is 5.48 Å². The molecular formula is C49H31N3S. The van der Waals surface area contributed by atoms with Crippen LogP contribution in [-0.2, 0) is 0 Å². The molecule has 8 aromatic carbocycles. The number of nitrogens with zero attached hydrogens (tertiary/aromatic N) is 3. The first kappa shape index (κ1) is 25.2. The molecule has 0 atom stereocenters. The summed E-state index contributed by atoms with van der Waals surface area (Å²) in [5.41, 5.74) is 6.46. The van der Waals surface area contributed by atoms with Crippen LogP contribution < -0.4 is 0 Å². The number of hydrogen-bond acceptors (Lipinski definition) is 4. The average molecular weight is 700 g/mol. The predicted molar refractivity (Wildman–Crippen MR) is 223 cm³/mol. The molecule has 3 nitrogen and oxygen atoms in total. The van der Waals surface area contributed by atoms with E-state index in [-0.39, 0.29) is 58.6 Å². The highest BCUT2D eigenvalue weighted by Gasteiger charge is 2.17. The average Bonchev–Trinajstić information content (AvgIpc) is 3.70. The van der Waals surface area contributed by atoms with Gasteiger partial charge >= 0.3 is 0 Å². The molecule has 0 aliphatic carbocycles. The van der Waals surface area contributed by atoms with Crippen molar-refractivity contribution in [1.82, 2.24) is 15.0 Å². The second-order valence-electron chi connectivity index (χ2n) is 12.7. The van der Waals surface area contributed by atoms with Gasteiger partial charge in [0.1, 0.15) is 0 Å². The normalized spacial score (nSPS) is 13.0. The van der Waals surface area contributed by atoms with E-state index >= 15 is 0 Å². The van der Waals surface area contributed by atoms with Crippen molar-refractivity contribution in [3.63, 3.8) is 0 Å². The molecule has 0 amide bonds. The Hall–Kier alpha value is -6.75. The zero-order valence-corrected chi connectivity index (χ0v) is 29.0. The van der Waals surface area contributed by atoms with Crippen LogP contribution in [0.2, 0.25) is 0 Å². The summed E-state index contributed by atoms with van der Waals surface area (Å²) in [7, 11) is 0. The first-order valence-corrected chi connectivity index (χ1v) is 18.1. The van der Waals surface area contributed by atoms with Crippen LogP contribution in [0.25, 0.3) is 98.5 Å². The Kier molecular flexibility index (Phi) is 6.24. The Morgan fingerprint density at radius 2 is 0.925 bits per heavy atom. The van der Waals surface area contributed by atoms with E-state index in [0.717, 1.165) is 49.9 Å². The van der Waals surface area contributed by atoms with Crippen molar-refractivity contribution in [2.45, 2.75) is 0 Å². The summed E-state index contributed by atoms with van der Waals surface area (Å²) in [6.07, 6.45) is 0. The van der Waals surface area contributed by atoms with E-state index in [1.165, 1.54) is 0 Å². The molecule has 0 aliphatic heterocycles. The largest absolute Gasteiger partial charge is 0.208 e. The highest BCUT2D eigenvalue weighted by atomic mass is 32.1. The third-order valence-corrected chi connectivity index (χ3v) is 10.4. The van der Waals surface area contributed by atoms with Crippen molar-refractivity contribution in [2.75, 3.05) is 0 Å². The minimum Gasteiger partial charge on any atom is -0.208 e. The second-order valence-corrected chi connectivity index (χ2v) is 13.8. The number of rotatable bonds is 6. The second kappa shape index (κ2) is 13.1. The van der Waals surface area contributed by atoms with Crippen LogP contribution in [0.15, 0.2) is 188 Å². The van der Waals surface area contributed by atoms with Gasteiger partial charge < -0.3 is 0 Å². The quantitative estimate of drug-likeness (QED) is 0.173. The zero-order valence-electron chi connectivity index (χ0n) is 34.2. The molecule has 4 heteroatoms. The molecule has 10 aromatic rings. The van der Waals surface area contributed by atoms with E-state index in [0.29, 0.717) is 37.6 Å². The van der Waals surface area contributed by atoms with E-state index in [4.69, 9.17) is 17.7 Å². The Labute approximate surface area is 320 Å². The van der Waals surface area contributed by atoms with Crippen LogP contribution in [0, 0.1) is 0 Å². The van der Waals surface area contributed by atoms with Gasteiger partial charge in [-0.25, -0.2) is 15.0 Å². The minimum absolute atomic E-state index is 0.00675. The van der Waals surface area contributed by atoms with E-state index < -0.39 is 0 Å². The maximum Gasteiger partial charge on any atom is 0.164 e. The fourth-order valence-electron chi connectivity index (χ4n) is 6.74. The van der Waals surface area contributed by atoms with Crippen LogP contribution >= 0.6 is 11.3 Å². The maximum atomic E-state index is 9.62. The highest BCUT2D eigenvalue weighted by Crippen LogP contribution is 2.39. The van der Waals surface area contributed by atoms with Crippen molar-refractivity contribution >= 4 is 42.3 Å². The van der Waals surface area contributed by atoms with Crippen molar-refractivity contribution in [3.05, 3.63) is 188 Å². The summed E-state index contributed by atoms with van der Waals surface area (Å²) in [5, 5.41) is 2.59. The molecule has 0 spiro atoms. The SMILES string of the molecule is [2H]c1c(-c2ccccc2)c([2H])c2c(sc3c([2H])c(-c4nc(-c5ccc(-c6ccccc6)c(-c6ccccc6)c5)nc(-c5ccc6ccccc6c5)n4)c([2H])c([2H])c32)c1[2H]. The van der Waals surface area contributed by atoms with Crippen LogP contribution in [0.5, 0.6) is 0 Å².